The predicted octanol–water partition coefficient (Wildman–Crippen LogP) is -0.968. The molecular weight excluding hydrogens is 522 g/mol. The van der Waals surface area contributed by atoms with Gasteiger partial charge in [0.1, 0.15) is 12.2 Å². The van der Waals surface area contributed by atoms with Gasteiger partial charge in [-0.05, 0) is 6.92 Å². The Morgan fingerprint density at radius 1 is 1.27 bits per heavy atom. The molecule has 3 unspecified atom stereocenters. The fraction of sp³-hybridized carbons (Fsp3) is 0.545. The van der Waals surface area contributed by atoms with Crippen LogP contribution in [0.1, 0.15) is 13.2 Å². The molecule has 0 bridgehead atoms. The number of nitrogens with zero attached hydrogens (tertiary/aromatic N) is 3. The average molecular weight is 539 g/mol. The smallest absolute Gasteiger partial charge is 0.387 e. The lowest BCUT2D eigenvalue weighted by Gasteiger charge is -2.24. The standard InChI is InChI=1S/C11H17FN5O13P3/c1-11(12)6(18)4(2-27-32(23,24)30-33(25,26)29-31(20,21)22)28-9(11)17-3-14-5-7(17)15-10(13)16-8(5)19/h3-4,6,9,18H,2H2,1H3,(H,23,24)(H,25,26)(H2,20,21,22)(H3,13,15,16,19)/t4-,6?,9-,11+/m1/s1. The first-order valence-corrected chi connectivity index (χ1v) is 13.0. The van der Waals surface area contributed by atoms with Gasteiger partial charge in [-0.25, -0.2) is 23.1 Å². The lowest BCUT2D eigenvalue weighted by atomic mass is 9.98. The highest BCUT2D eigenvalue weighted by Crippen LogP contribution is 2.66. The number of alkyl halides is 1. The predicted molar refractivity (Wildman–Crippen MR) is 102 cm³/mol. The van der Waals surface area contributed by atoms with Crippen LogP contribution < -0.4 is 11.3 Å². The number of nitrogens with one attached hydrogen (secondary N) is 1. The highest BCUT2D eigenvalue weighted by Gasteiger charge is 2.56. The summed E-state index contributed by atoms with van der Waals surface area (Å²) in [5.41, 5.74) is 1.69. The molecule has 3 heterocycles. The Hall–Kier alpha value is -1.59. The van der Waals surface area contributed by atoms with Crippen molar-refractivity contribution in [3.63, 3.8) is 0 Å². The molecule has 33 heavy (non-hydrogen) atoms. The molecule has 186 valence electrons. The van der Waals surface area contributed by atoms with E-state index in [4.69, 9.17) is 25.2 Å². The summed E-state index contributed by atoms with van der Waals surface area (Å²) in [4.78, 5) is 57.3. The maximum absolute atomic E-state index is 15.3. The monoisotopic (exact) mass is 539 g/mol. The highest BCUT2D eigenvalue weighted by atomic mass is 31.3. The number of aliphatic hydroxyl groups is 1. The quantitative estimate of drug-likeness (QED) is 0.199. The van der Waals surface area contributed by atoms with Gasteiger partial charge >= 0.3 is 23.5 Å². The van der Waals surface area contributed by atoms with Crippen LogP contribution in [0.4, 0.5) is 10.3 Å². The minimum absolute atomic E-state index is 0.203. The van der Waals surface area contributed by atoms with Crippen molar-refractivity contribution in [2.45, 2.75) is 31.0 Å². The zero-order valence-electron chi connectivity index (χ0n) is 16.2. The van der Waals surface area contributed by atoms with Gasteiger partial charge in [0.15, 0.2) is 23.1 Å². The number of aromatic amines is 1. The number of nitrogen functional groups attached to an aromatic ring is 1. The molecule has 2 aromatic rings. The summed E-state index contributed by atoms with van der Waals surface area (Å²) < 4.78 is 66.9. The summed E-state index contributed by atoms with van der Waals surface area (Å²) in [5.74, 6) is -0.322. The second-order valence-electron chi connectivity index (χ2n) is 6.78. The fourth-order valence-corrected chi connectivity index (χ4v) is 5.97. The molecule has 6 atom stereocenters. The van der Waals surface area contributed by atoms with Crippen molar-refractivity contribution >= 4 is 40.6 Å². The maximum Gasteiger partial charge on any atom is 0.490 e. The average Bonchev–Trinajstić information content (AvgIpc) is 3.10. The molecule has 1 fully saturated rings. The van der Waals surface area contributed by atoms with Crippen LogP contribution in [-0.4, -0.2) is 68.7 Å². The Morgan fingerprint density at radius 3 is 2.52 bits per heavy atom. The first-order valence-electron chi connectivity index (χ1n) is 8.45. The second kappa shape index (κ2) is 8.57. The van der Waals surface area contributed by atoms with Crippen LogP contribution in [0.15, 0.2) is 11.1 Å². The van der Waals surface area contributed by atoms with Crippen molar-refractivity contribution in [3.8, 4) is 0 Å². The fourth-order valence-electron chi connectivity index (χ4n) is 2.94. The number of imidazole rings is 1. The summed E-state index contributed by atoms with van der Waals surface area (Å²) in [6.45, 7) is -0.209. The Morgan fingerprint density at radius 2 is 1.91 bits per heavy atom. The van der Waals surface area contributed by atoms with Gasteiger partial charge in [0, 0.05) is 0 Å². The van der Waals surface area contributed by atoms with Crippen LogP contribution in [0.25, 0.3) is 11.2 Å². The number of phosphoric ester groups is 1. The minimum Gasteiger partial charge on any atom is -0.387 e. The van der Waals surface area contributed by atoms with E-state index >= 15 is 4.39 Å². The van der Waals surface area contributed by atoms with Crippen molar-refractivity contribution < 1.29 is 60.6 Å². The number of fused-ring (bicyclic) bond motifs is 1. The number of halogens is 1. The van der Waals surface area contributed by atoms with Gasteiger partial charge in [0.2, 0.25) is 5.95 Å². The Kier molecular flexibility index (Phi) is 6.76. The molecule has 1 saturated heterocycles. The van der Waals surface area contributed by atoms with E-state index < -0.39 is 59.7 Å². The van der Waals surface area contributed by atoms with Gasteiger partial charge in [-0.2, -0.15) is 13.6 Å². The topological polar surface area (TPSA) is 279 Å². The zero-order valence-corrected chi connectivity index (χ0v) is 18.8. The van der Waals surface area contributed by atoms with Gasteiger partial charge in [-0.1, -0.05) is 0 Å². The van der Waals surface area contributed by atoms with E-state index in [-0.39, 0.29) is 17.1 Å². The molecule has 0 radical (unpaired) electrons. The molecule has 3 rings (SSSR count). The SMILES string of the molecule is C[C@]1(F)C(O)[C@@H](COP(=O)(O)OP(=O)(O)OP(=O)(O)O)O[C@H]1n1cnc2c(=O)[nH]c(N)nc21. The number of ether oxygens (including phenoxy) is 1. The van der Waals surface area contributed by atoms with Crippen LogP contribution in [0.3, 0.4) is 0 Å². The molecule has 2 aromatic heterocycles. The number of rotatable bonds is 8. The van der Waals surface area contributed by atoms with E-state index in [0.717, 1.165) is 17.8 Å². The largest absolute Gasteiger partial charge is 0.490 e. The maximum atomic E-state index is 15.3. The van der Waals surface area contributed by atoms with Crippen LogP contribution in [0.2, 0.25) is 0 Å². The number of aromatic nitrogens is 4. The zero-order chi connectivity index (χ0) is 25.0. The van der Waals surface area contributed by atoms with E-state index in [1.165, 1.54) is 0 Å². The molecule has 0 aliphatic carbocycles. The molecule has 1 aliphatic heterocycles. The first kappa shape index (κ1) is 26.0. The van der Waals surface area contributed by atoms with Crippen LogP contribution in [-0.2, 0) is 31.6 Å². The van der Waals surface area contributed by atoms with Gasteiger partial charge in [0.05, 0.1) is 12.9 Å². The summed E-state index contributed by atoms with van der Waals surface area (Å²) in [6, 6.07) is 0. The number of phosphoric acid groups is 3. The number of hydrogen-bond donors (Lipinski definition) is 7. The van der Waals surface area contributed by atoms with E-state index in [9.17, 15) is 28.5 Å². The number of nitrogens with two attached hydrogens (primary N) is 1. The third-order valence-electron chi connectivity index (χ3n) is 4.24. The van der Waals surface area contributed by atoms with E-state index in [1.54, 1.807) is 0 Å². The Labute approximate surface area is 181 Å². The summed E-state index contributed by atoms with van der Waals surface area (Å²) >= 11 is 0. The van der Waals surface area contributed by atoms with Gasteiger partial charge in [0.25, 0.3) is 5.56 Å². The highest BCUT2D eigenvalue weighted by molar-refractivity contribution is 7.66. The molecular formula is C11H17FN5O13P3. The molecule has 18 nitrogen and oxygen atoms in total. The number of H-pyrrole nitrogens is 1. The second-order valence-corrected chi connectivity index (χ2v) is 11.2. The third kappa shape index (κ3) is 5.74. The summed E-state index contributed by atoms with van der Waals surface area (Å²) in [6.07, 6.45) is -4.43. The Bertz CT molecular complexity index is 1260. The summed E-state index contributed by atoms with van der Waals surface area (Å²) in [7, 11) is -16.9. The van der Waals surface area contributed by atoms with Crippen LogP contribution >= 0.6 is 23.5 Å². The molecule has 8 N–H and O–H groups in total. The molecule has 22 heteroatoms. The Balaban J connectivity index is 1.78. The molecule has 0 saturated carbocycles. The lowest BCUT2D eigenvalue weighted by molar-refractivity contribution is -0.0560. The van der Waals surface area contributed by atoms with Crippen LogP contribution in [0.5, 0.6) is 0 Å². The van der Waals surface area contributed by atoms with Crippen LogP contribution in [0, 0.1) is 0 Å². The van der Waals surface area contributed by atoms with E-state index in [1.807, 2.05) is 0 Å². The van der Waals surface area contributed by atoms with Crippen molar-refractivity contribution in [2.24, 2.45) is 0 Å². The molecule has 0 spiro atoms. The number of aliphatic hydroxyl groups excluding tert-OH is 1. The van der Waals surface area contributed by atoms with Gasteiger partial charge in [-0.15, -0.1) is 0 Å². The van der Waals surface area contributed by atoms with Gasteiger partial charge in [-0.3, -0.25) is 18.9 Å². The molecule has 0 amide bonds. The van der Waals surface area contributed by atoms with E-state index in [0.29, 0.717) is 0 Å². The third-order valence-corrected chi connectivity index (χ3v) is 8.04. The number of hydrogen-bond acceptors (Lipinski definition) is 12. The molecule has 0 aromatic carbocycles. The summed E-state index contributed by atoms with van der Waals surface area (Å²) in [5, 5.41) is 10.3. The minimum atomic E-state index is -5.77. The van der Waals surface area contributed by atoms with Crippen molar-refractivity contribution in [2.75, 3.05) is 12.3 Å². The normalized spacial score (nSPS) is 29.7. The lowest BCUT2D eigenvalue weighted by Crippen LogP contribution is -2.40. The molecule has 1 aliphatic rings. The van der Waals surface area contributed by atoms with E-state index in [2.05, 4.69) is 28.1 Å². The van der Waals surface area contributed by atoms with Crippen molar-refractivity contribution in [3.05, 3.63) is 16.7 Å². The van der Waals surface area contributed by atoms with Gasteiger partial charge < -0.3 is 35.2 Å². The number of anilines is 1. The van der Waals surface area contributed by atoms with Crippen molar-refractivity contribution in [1.82, 2.24) is 19.5 Å². The first-order chi connectivity index (χ1) is 14.9. The van der Waals surface area contributed by atoms with Crippen molar-refractivity contribution in [1.29, 1.82) is 0 Å².